The Kier molecular flexibility index (Phi) is 4.00. The van der Waals surface area contributed by atoms with Crippen molar-refractivity contribution in [2.24, 2.45) is 29.1 Å². The molecule has 0 saturated heterocycles. The lowest BCUT2D eigenvalue weighted by molar-refractivity contribution is 0.188. The summed E-state index contributed by atoms with van der Waals surface area (Å²) in [4.78, 5) is 0. The van der Waals surface area contributed by atoms with Crippen LogP contribution in [0.25, 0.3) is 0 Å². The van der Waals surface area contributed by atoms with Gasteiger partial charge in [0.25, 0.3) is 0 Å². The highest BCUT2D eigenvalue weighted by atomic mass is 14.3. The molecule has 0 N–H and O–H groups in total. The number of hydrogen-bond acceptors (Lipinski definition) is 0. The highest BCUT2D eigenvalue weighted by molar-refractivity contribution is 5.03. The lowest BCUT2D eigenvalue weighted by Gasteiger charge is -2.35. The molecule has 3 atom stereocenters. The Bertz CT molecular complexity index is 264. The van der Waals surface area contributed by atoms with E-state index in [0.717, 1.165) is 23.7 Å². The maximum absolute atomic E-state index is 2.52. The van der Waals surface area contributed by atoms with Gasteiger partial charge in [-0.05, 0) is 67.6 Å². The van der Waals surface area contributed by atoms with Crippen molar-refractivity contribution in [2.45, 2.75) is 66.2 Å². The van der Waals surface area contributed by atoms with Gasteiger partial charge in [-0.2, -0.15) is 0 Å². The highest BCUT2D eigenvalue weighted by Gasteiger charge is 2.28. The minimum absolute atomic E-state index is 0.462. The van der Waals surface area contributed by atoms with Crippen LogP contribution in [0.1, 0.15) is 66.2 Å². The van der Waals surface area contributed by atoms with E-state index in [4.69, 9.17) is 0 Å². The van der Waals surface area contributed by atoms with E-state index in [9.17, 15) is 0 Å². The average molecular weight is 234 g/mol. The van der Waals surface area contributed by atoms with Crippen molar-refractivity contribution in [3.8, 4) is 0 Å². The second-order valence-corrected chi connectivity index (χ2v) is 7.67. The van der Waals surface area contributed by atoms with Crippen molar-refractivity contribution in [3.63, 3.8) is 0 Å². The first kappa shape index (κ1) is 13.2. The van der Waals surface area contributed by atoms with Crippen molar-refractivity contribution < 1.29 is 0 Å². The van der Waals surface area contributed by atoms with Crippen LogP contribution in [-0.4, -0.2) is 0 Å². The third kappa shape index (κ3) is 3.86. The third-order valence-corrected chi connectivity index (χ3v) is 4.89. The van der Waals surface area contributed by atoms with Crippen LogP contribution in [0.5, 0.6) is 0 Å². The van der Waals surface area contributed by atoms with E-state index in [1.807, 2.05) is 0 Å². The summed E-state index contributed by atoms with van der Waals surface area (Å²) in [5.74, 6) is 3.82. The zero-order valence-corrected chi connectivity index (χ0v) is 12.2. The molecule has 2 rings (SSSR count). The van der Waals surface area contributed by atoms with Gasteiger partial charge in [0, 0.05) is 0 Å². The Morgan fingerprint density at radius 2 is 1.71 bits per heavy atom. The lowest BCUT2D eigenvalue weighted by atomic mass is 9.70. The molecular formula is C17H30. The molecule has 0 amide bonds. The Balaban J connectivity index is 1.85. The monoisotopic (exact) mass is 234 g/mol. The first-order valence-corrected chi connectivity index (χ1v) is 7.64. The van der Waals surface area contributed by atoms with Crippen LogP contribution in [0.2, 0.25) is 0 Å². The molecule has 2 aliphatic rings. The van der Waals surface area contributed by atoms with Gasteiger partial charge in [-0.3, -0.25) is 0 Å². The van der Waals surface area contributed by atoms with Crippen molar-refractivity contribution in [1.29, 1.82) is 0 Å². The number of rotatable bonds is 2. The van der Waals surface area contributed by atoms with E-state index in [1.54, 1.807) is 0 Å². The summed E-state index contributed by atoms with van der Waals surface area (Å²) in [5.41, 5.74) is 0.462. The maximum Gasteiger partial charge on any atom is -0.0175 e. The molecule has 0 bridgehead atoms. The zero-order chi connectivity index (χ0) is 12.5. The summed E-state index contributed by atoms with van der Waals surface area (Å²) in [7, 11) is 0. The van der Waals surface area contributed by atoms with E-state index in [-0.39, 0.29) is 0 Å². The molecule has 0 aromatic rings. The third-order valence-electron chi connectivity index (χ3n) is 4.89. The van der Waals surface area contributed by atoms with E-state index in [2.05, 4.69) is 39.8 Å². The van der Waals surface area contributed by atoms with Crippen LogP contribution in [0.15, 0.2) is 12.2 Å². The van der Waals surface area contributed by atoms with Crippen molar-refractivity contribution in [3.05, 3.63) is 12.2 Å². The van der Waals surface area contributed by atoms with Crippen molar-refractivity contribution in [1.82, 2.24) is 0 Å². The van der Waals surface area contributed by atoms with E-state index in [0.29, 0.717) is 5.41 Å². The van der Waals surface area contributed by atoms with E-state index >= 15 is 0 Å². The van der Waals surface area contributed by atoms with E-state index in [1.165, 1.54) is 38.5 Å². The van der Waals surface area contributed by atoms with Crippen LogP contribution in [-0.2, 0) is 0 Å². The zero-order valence-electron chi connectivity index (χ0n) is 12.2. The smallest absolute Gasteiger partial charge is 0.0175 e. The molecule has 17 heavy (non-hydrogen) atoms. The summed E-state index contributed by atoms with van der Waals surface area (Å²) in [6, 6.07) is 0. The Hall–Kier alpha value is -0.260. The Labute approximate surface area is 108 Å². The molecular weight excluding hydrogens is 204 g/mol. The molecule has 0 radical (unpaired) electrons. The van der Waals surface area contributed by atoms with Crippen molar-refractivity contribution >= 4 is 0 Å². The Morgan fingerprint density at radius 3 is 2.24 bits per heavy atom. The molecule has 0 aliphatic heterocycles. The summed E-state index contributed by atoms with van der Waals surface area (Å²) in [5, 5.41) is 0. The normalized spacial score (nSPS) is 41.4. The molecule has 3 unspecified atom stereocenters. The van der Waals surface area contributed by atoms with Crippen LogP contribution in [0.3, 0.4) is 0 Å². The average Bonchev–Trinajstić information content (AvgIpc) is 2.20. The maximum atomic E-state index is 2.52. The fourth-order valence-electron chi connectivity index (χ4n) is 4.06. The topological polar surface area (TPSA) is 0 Å². The molecule has 0 heteroatoms. The van der Waals surface area contributed by atoms with Gasteiger partial charge in [-0.1, -0.05) is 39.8 Å². The standard InChI is InChI=1S/C17H30/c1-13-9-14(2)11-16(10-13)12-15-5-7-17(3,4)8-6-15/h5,7,13-16H,6,8-12H2,1-4H3. The predicted molar refractivity (Wildman–Crippen MR) is 75.9 cm³/mol. The first-order chi connectivity index (χ1) is 7.94. The molecule has 2 aliphatic carbocycles. The quantitative estimate of drug-likeness (QED) is 0.558. The molecule has 0 spiro atoms. The number of hydrogen-bond donors (Lipinski definition) is 0. The van der Waals surface area contributed by atoms with Crippen molar-refractivity contribution in [2.75, 3.05) is 0 Å². The van der Waals surface area contributed by atoms with Crippen LogP contribution >= 0.6 is 0 Å². The fraction of sp³-hybridized carbons (Fsp3) is 0.882. The predicted octanol–water partition coefficient (Wildman–Crippen LogP) is 5.44. The SMILES string of the molecule is CC1CC(C)CC(CC2C=CC(C)(C)CC2)C1. The molecule has 0 heterocycles. The second kappa shape index (κ2) is 5.16. The summed E-state index contributed by atoms with van der Waals surface area (Å²) in [6.45, 7) is 9.62. The highest BCUT2D eigenvalue weighted by Crippen LogP contribution is 2.40. The minimum atomic E-state index is 0.462. The van der Waals surface area contributed by atoms with Gasteiger partial charge in [0.1, 0.15) is 0 Å². The molecule has 0 aromatic carbocycles. The fourth-order valence-corrected chi connectivity index (χ4v) is 4.06. The van der Waals surface area contributed by atoms with E-state index < -0.39 is 0 Å². The molecule has 0 nitrogen and oxygen atoms in total. The lowest BCUT2D eigenvalue weighted by Crippen LogP contribution is -2.23. The van der Waals surface area contributed by atoms with Gasteiger partial charge in [-0.15, -0.1) is 0 Å². The largest absolute Gasteiger partial charge is 0.0849 e. The van der Waals surface area contributed by atoms with Gasteiger partial charge in [0.05, 0.1) is 0 Å². The number of allylic oxidation sites excluding steroid dienone is 2. The van der Waals surface area contributed by atoms with Crippen LogP contribution in [0.4, 0.5) is 0 Å². The summed E-state index contributed by atoms with van der Waals surface area (Å²) >= 11 is 0. The molecule has 1 fully saturated rings. The second-order valence-electron chi connectivity index (χ2n) is 7.67. The minimum Gasteiger partial charge on any atom is -0.0849 e. The van der Waals surface area contributed by atoms with Gasteiger partial charge in [-0.25, -0.2) is 0 Å². The first-order valence-electron chi connectivity index (χ1n) is 7.64. The Morgan fingerprint density at radius 1 is 1.06 bits per heavy atom. The summed E-state index contributed by atoms with van der Waals surface area (Å²) < 4.78 is 0. The van der Waals surface area contributed by atoms with Crippen LogP contribution in [0, 0.1) is 29.1 Å². The molecule has 98 valence electrons. The van der Waals surface area contributed by atoms with Gasteiger partial charge in [0.2, 0.25) is 0 Å². The van der Waals surface area contributed by atoms with Crippen LogP contribution < -0.4 is 0 Å². The van der Waals surface area contributed by atoms with Gasteiger partial charge < -0.3 is 0 Å². The molecule has 0 aromatic heterocycles. The summed E-state index contributed by atoms with van der Waals surface area (Å²) in [6.07, 6.45) is 13.7. The van der Waals surface area contributed by atoms with Gasteiger partial charge in [0.15, 0.2) is 0 Å². The van der Waals surface area contributed by atoms with Gasteiger partial charge >= 0.3 is 0 Å². The molecule has 1 saturated carbocycles.